The first-order valence-electron chi connectivity index (χ1n) is 6.00. The van der Waals surface area contributed by atoms with Crippen molar-refractivity contribution in [2.45, 2.75) is 33.2 Å². The van der Waals surface area contributed by atoms with Gasteiger partial charge in [-0.1, -0.05) is 13.3 Å². The lowest BCUT2D eigenvalue weighted by molar-refractivity contribution is -0.138. The Kier molecular flexibility index (Phi) is 4.20. The molecule has 19 heavy (non-hydrogen) atoms. The molecule has 1 N–H and O–H groups in total. The number of carboxylic acid groups (broad SMARTS) is 1. The summed E-state index contributed by atoms with van der Waals surface area (Å²) in [7, 11) is 0. The van der Waals surface area contributed by atoms with Crippen LogP contribution >= 0.6 is 11.3 Å². The summed E-state index contributed by atoms with van der Waals surface area (Å²) in [4.78, 5) is 15.1. The average molecular weight is 281 g/mol. The first-order valence-corrected chi connectivity index (χ1v) is 6.88. The van der Waals surface area contributed by atoms with Gasteiger partial charge >= 0.3 is 5.97 Å². The highest BCUT2D eigenvalue weighted by atomic mass is 32.1. The number of rotatable bonds is 6. The van der Waals surface area contributed by atoms with Crippen molar-refractivity contribution in [1.82, 2.24) is 25.2 Å². The topological polar surface area (TPSA) is 93.8 Å². The summed E-state index contributed by atoms with van der Waals surface area (Å²) in [5.74, 6) is -0.196. The molecule has 2 rings (SSSR count). The molecule has 2 heterocycles. The predicted molar refractivity (Wildman–Crippen MR) is 69.7 cm³/mol. The summed E-state index contributed by atoms with van der Waals surface area (Å²) < 4.78 is 1.63. The van der Waals surface area contributed by atoms with Crippen LogP contribution in [-0.4, -0.2) is 36.3 Å². The molecule has 0 aliphatic carbocycles. The predicted octanol–water partition coefficient (Wildman–Crippen LogP) is 1.61. The summed E-state index contributed by atoms with van der Waals surface area (Å²) in [5.41, 5.74) is 0.734. The third-order valence-electron chi connectivity index (χ3n) is 2.85. The van der Waals surface area contributed by atoms with Crippen molar-refractivity contribution in [1.29, 1.82) is 0 Å². The Morgan fingerprint density at radius 2 is 2.37 bits per heavy atom. The van der Waals surface area contributed by atoms with Gasteiger partial charge in [0.05, 0.1) is 5.01 Å². The second kappa shape index (κ2) is 5.87. The van der Waals surface area contributed by atoms with Crippen LogP contribution in [0.2, 0.25) is 0 Å². The summed E-state index contributed by atoms with van der Waals surface area (Å²) in [6, 6.07) is 0. The molecule has 0 saturated heterocycles. The third kappa shape index (κ3) is 3.34. The van der Waals surface area contributed by atoms with Gasteiger partial charge in [-0.25, -0.2) is 9.67 Å². The molecule has 1 atom stereocenters. The molecule has 0 radical (unpaired) electrons. The van der Waals surface area contributed by atoms with E-state index < -0.39 is 5.97 Å². The van der Waals surface area contributed by atoms with Crippen molar-refractivity contribution >= 4 is 17.3 Å². The fourth-order valence-corrected chi connectivity index (χ4v) is 2.40. The smallest absolute Gasteiger partial charge is 0.303 e. The minimum atomic E-state index is -0.800. The molecule has 2 aromatic heterocycles. The van der Waals surface area contributed by atoms with Crippen LogP contribution in [0.3, 0.4) is 0 Å². The number of hydrogen-bond acceptors (Lipinski definition) is 6. The lowest BCUT2D eigenvalue weighted by Gasteiger charge is -2.12. The van der Waals surface area contributed by atoms with Gasteiger partial charge in [0, 0.05) is 18.3 Å². The Labute approximate surface area is 114 Å². The van der Waals surface area contributed by atoms with Crippen molar-refractivity contribution in [3.8, 4) is 11.5 Å². The zero-order valence-corrected chi connectivity index (χ0v) is 11.6. The van der Waals surface area contributed by atoms with E-state index in [1.165, 1.54) is 11.3 Å². The minimum absolute atomic E-state index is 0.0134. The number of thiazole rings is 1. The van der Waals surface area contributed by atoms with Crippen molar-refractivity contribution in [3.63, 3.8) is 0 Å². The number of nitrogens with zero attached hydrogens (tertiary/aromatic N) is 5. The van der Waals surface area contributed by atoms with E-state index in [4.69, 9.17) is 5.11 Å². The Hall–Kier alpha value is -1.83. The maximum Gasteiger partial charge on any atom is 0.303 e. The van der Waals surface area contributed by atoms with Crippen LogP contribution in [0.4, 0.5) is 0 Å². The first kappa shape index (κ1) is 13.6. The fourth-order valence-electron chi connectivity index (χ4n) is 1.81. The second-order valence-electron chi connectivity index (χ2n) is 4.31. The second-order valence-corrected chi connectivity index (χ2v) is 5.37. The molecular formula is C11H15N5O2S. The molecule has 0 saturated carbocycles. The van der Waals surface area contributed by atoms with Crippen LogP contribution in [-0.2, 0) is 11.3 Å². The highest BCUT2D eigenvalue weighted by Gasteiger charge is 2.17. The van der Waals surface area contributed by atoms with Gasteiger partial charge in [0.2, 0.25) is 5.82 Å². The van der Waals surface area contributed by atoms with Gasteiger partial charge in [0.15, 0.2) is 0 Å². The van der Waals surface area contributed by atoms with Gasteiger partial charge in [0.1, 0.15) is 5.69 Å². The fraction of sp³-hybridized carbons (Fsp3) is 0.545. The molecule has 0 spiro atoms. The van der Waals surface area contributed by atoms with Crippen LogP contribution in [0.1, 0.15) is 24.8 Å². The molecule has 0 fully saturated rings. The quantitative estimate of drug-likeness (QED) is 0.864. The molecule has 0 amide bonds. The lowest BCUT2D eigenvalue weighted by Crippen LogP contribution is -2.16. The normalized spacial score (nSPS) is 12.5. The molecule has 0 aliphatic rings. The van der Waals surface area contributed by atoms with Crippen molar-refractivity contribution in [2.24, 2.45) is 5.92 Å². The van der Waals surface area contributed by atoms with Gasteiger partial charge in [-0.2, -0.15) is 0 Å². The van der Waals surface area contributed by atoms with E-state index in [9.17, 15) is 4.79 Å². The van der Waals surface area contributed by atoms with E-state index in [1.807, 2.05) is 19.2 Å². The van der Waals surface area contributed by atoms with Gasteiger partial charge in [-0.05, 0) is 23.3 Å². The molecule has 8 heteroatoms. The number of hydrogen-bond donors (Lipinski definition) is 1. The van der Waals surface area contributed by atoms with Gasteiger partial charge in [0.25, 0.3) is 0 Å². The zero-order chi connectivity index (χ0) is 13.8. The Morgan fingerprint density at radius 1 is 1.58 bits per heavy atom. The van der Waals surface area contributed by atoms with Crippen LogP contribution in [0.25, 0.3) is 11.5 Å². The van der Waals surface area contributed by atoms with Crippen LogP contribution in [0.15, 0.2) is 5.38 Å². The minimum Gasteiger partial charge on any atom is -0.481 e. The van der Waals surface area contributed by atoms with E-state index in [-0.39, 0.29) is 12.3 Å². The average Bonchev–Trinajstić information content (AvgIpc) is 2.96. The molecular weight excluding hydrogens is 266 g/mol. The van der Waals surface area contributed by atoms with Gasteiger partial charge in [-0.15, -0.1) is 16.4 Å². The van der Waals surface area contributed by atoms with Gasteiger partial charge in [-0.3, -0.25) is 4.79 Å². The largest absolute Gasteiger partial charge is 0.481 e. The monoisotopic (exact) mass is 281 g/mol. The van der Waals surface area contributed by atoms with E-state index >= 15 is 0 Å². The number of tetrazole rings is 1. The number of carboxylic acids is 1. The highest BCUT2D eigenvalue weighted by Crippen LogP contribution is 2.20. The Morgan fingerprint density at radius 3 is 2.95 bits per heavy atom. The number of aliphatic carboxylic acids is 1. The van der Waals surface area contributed by atoms with Crippen molar-refractivity contribution < 1.29 is 9.90 Å². The Bertz CT molecular complexity index is 565. The van der Waals surface area contributed by atoms with E-state index in [1.54, 1.807) is 4.68 Å². The zero-order valence-electron chi connectivity index (χ0n) is 10.8. The van der Waals surface area contributed by atoms with Gasteiger partial charge < -0.3 is 5.11 Å². The highest BCUT2D eigenvalue weighted by molar-refractivity contribution is 7.09. The summed E-state index contributed by atoms with van der Waals surface area (Å²) in [5, 5.41) is 23.3. The third-order valence-corrected chi connectivity index (χ3v) is 3.63. The summed E-state index contributed by atoms with van der Waals surface area (Å²) >= 11 is 1.53. The van der Waals surface area contributed by atoms with Crippen molar-refractivity contribution in [3.05, 3.63) is 10.4 Å². The maximum atomic E-state index is 10.8. The lowest BCUT2D eigenvalue weighted by atomic mass is 10.0. The maximum absolute atomic E-state index is 10.8. The molecule has 1 unspecified atom stereocenters. The molecule has 7 nitrogen and oxygen atoms in total. The standard InChI is InChI=1S/C11H15N5O2S/c1-3-8(4-10(17)18)5-16-11(13-14-15-16)9-6-19-7(2)12-9/h6,8H,3-5H2,1-2H3,(H,17,18). The number of carbonyl (C=O) groups is 1. The van der Waals surface area contributed by atoms with Crippen LogP contribution in [0, 0.1) is 12.8 Å². The first-order chi connectivity index (χ1) is 9.10. The van der Waals surface area contributed by atoms with Crippen LogP contribution < -0.4 is 0 Å². The molecule has 0 aliphatic heterocycles. The number of aryl methyl sites for hydroxylation is 1. The van der Waals surface area contributed by atoms with E-state index in [2.05, 4.69) is 20.5 Å². The molecule has 2 aromatic rings. The van der Waals surface area contributed by atoms with E-state index in [0.29, 0.717) is 12.4 Å². The molecule has 0 aromatic carbocycles. The molecule has 102 valence electrons. The van der Waals surface area contributed by atoms with Crippen LogP contribution in [0.5, 0.6) is 0 Å². The summed E-state index contributed by atoms with van der Waals surface area (Å²) in [6.45, 7) is 4.37. The molecule has 0 bridgehead atoms. The number of aromatic nitrogens is 5. The Balaban J connectivity index is 2.17. The van der Waals surface area contributed by atoms with Crippen molar-refractivity contribution in [2.75, 3.05) is 0 Å². The van der Waals surface area contributed by atoms with E-state index in [0.717, 1.165) is 17.1 Å². The SMILES string of the molecule is CCC(CC(=O)O)Cn1nnnc1-c1csc(C)n1. The summed E-state index contributed by atoms with van der Waals surface area (Å²) in [6.07, 6.45) is 0.883.